The number of nitrogens with zero attached hydrogens (tertiary/aromatic N) is 2. The van der Waals surface area contributed by atoms with Crippen molar-refractivity contribution in [3.8, 4) is 5.69 Å². The van der Waals surface area contributed by atoms with Gasteiger partial charge in [0.15, 0.2) is 0 Å². The minimum Gasteiger partial charge on any atom is -0.399 e. The van der Waals surface area contributed by atoms with E-state index in [0.717, 1.165) is 32.7 Å². The standard InChI is InChI=1S/C17H18BrN3/c1-10(2)17-20-14-9-13(19)5-7-16(14)21(17)15-6-4-12(18)8-11(15)3/h4-10H,19H2,1-3H3. The third kappa shape index (κ3) is 2.44. The summed E-state index contributed by atoms with van der Waals surface area (Å²) in [5.41, 5.74) is 11.1. The van der Waals surface area contributed by atoms with Crippen LogP contribution in [0, 0.1) is 6.92 Å². The van der Waals surface area contributed by atoms with Crippen molar-refractivity contribution in [1.82, 2.24) is 9.55 Å². The fraction of sp³-hybridized carbons (Fsp3) is 0.235. The Bertz CT molecular complexity index is 818. The van der Waals surface area contributed by atoms with Crippen LogP contribution >= 0.6 is 15.9 Å². The molecule has 0 bridgehead atoms. The van der Waals surface area contributed by atoms with E-state index >= 15 is 0 Å². The molecule has 0 spiro atoms. The van der Waals surface area contributed by atoms with Gasteiger partial charge in [-0.3, -0.25) is 4.57 Å². The van der Waals surface area contributed by atoms with Gasteiger partial charge in [-0.15, -0.1) is 0 Å². The summed E-state index contributed by atoms with van der Waals surface area (Å²) in [6, 6.07) is 12.2. The van der Waals surface area contributed by atoms with Crippen LogP contribution in [0.2, 0.25) is 0 Å². The number of hydrogen-bond acceptors (Lipinski definition) is 2. The Hall–Kier alpha value is -1.81. The second-order valence-corrected chi connectivity index (χ2v) is 6.55. The first-order valence-corrected chi connectivity index (χ1v) is 7.81. The minimum absolute atomic E-state index is 0.335. The minimum atomic E-state index is 0.335. The molecule has 108 valence electrons. The summed E-state index contributed by atoms with van der Waals surface area (Å²) >= 11 is 3.52. The van der Waals surface area contributed by atoms with Crippen LogP contribution in [0.1, 0.15) is 31.2 Å². The Morgan fingerprint density at radius 2 is 1.90 bits per heavy atom. The summed E-state index contributed by atoms with van der Waals surface area (Å²) in [7, 11) is 0. The van der Waals surface area contributed by atoms with Crippen LogP contribution in [0.25, 0.3) is 16.7 Å². The highest BCUT2D eigenvalue weighted by atomic mass is 79.9. The number of imidazole rings is 1. The lowest BCUT2D eigenvalue weighted by Crippen LogP contribution is -2.04. The van der Waals surface area contributed by atoms with Gasteiger partial charge in [-0.25, -0.2) is 4.98 Å². The van der Waals surface area contributed by atoms with Gasteiger partial charge in [-0.1, -0.05) is 29.8 Å². The lowest BCUT2D eigenvalue weighted by Gasteiger charge is -2.14. The SMILES string of the molecule is Cc1cc(Br)ccc1-n1c(C(C)C)nc2cc(N)ccc21. The summed E-state index contributed by atoms with van der Waals surface area (Å²) in [6.45, 7) is 6.44. The van der Waals surface area contributed by atoms with E-state index in [2.05, 4.69) is 59.5 Å². The molecule has 0 aliphatic rings. The third-order valence-electron chi connectivity index (χ3n) is 3.62. The zero-order valence-electron chi connectivity index (χ0n) is 12.4. The first-order valence-electron chi connectivity index (χ1n) is 7.02. The smallest absolute Gasteiger partial charge is 0.117 e. The van der Waals surface area contributed by atoms with E-state index in [1.54, 1.807) is 0 Å². The van der Waals surface area contributed by atoms with Crippen molar-refractivity contribution in [3.05, 3.63) is 52.3 Å². The van der Waals surface area contributed by atoms with Crippen molar-refractivity contribution in [2.24, 2.45) is 0 Å². The van der Waals surface area contributed by atoms with Gasteiger partial charge in [-0.2, -0.15) is 0 Å². The van der Waals surface area contributed by atoms with E-state index in [4.69, 9.17) is 10.7 Å². The maximum Gasteiger partial charge on any atom is 0.117 e. The Kier molecular flexibility index (Phi) is 3.49. The van der Waals surface area contributed by atoms with E-state index in [9.17, 15) is 0 Å². The zero-order valence-corrected chi connectivity index (χ0v) is 14.0. The van der Waals surface area contributed by atoms with Crippen molar-refractivity contribution in [2.45, 2.75) is 26.7 Å². The number of anilines is 1. The quantitative estimate of drug-likeness (QED) is 0.679. The first-order chi connectivity index (χ1) is 9.97. The Labute approximate surface area is 132 Å². The lowest BCUT2D eigenvalue weighted by molar-refractivity contribution is 0.758. The van der Waals surface area contributed by atoms with Crippen LogP contribution in [-0.2, 0) is 0 Å². The van der Waals surface area contributed by atoms with E-state index in [0.29, 0.717) is 5.92 Å². The number of hydrogen-bond donors (Lipinski definition) is 1. The monoisotopic (exact) mass is 343 g/mol. The number of nitrogen functional groups attached to an aromatic ring is 1. The maximum absolute atomic E-state index is 5.89. The Morgan fingerprint density at radius 3 is 2.57 bits per heavy atom. The molecule has 4 heteroatoms. The molecule has 3 nitrogen and oxygen atoms in total. The number of halogens is 1. The molecule has 21 heavy (non-hydrogen) atoms. The average Bonchev–Trinajstić information content (AvgIpc) is 2.77. The molecule has 0 unspecified atom stereocenters. The number of aryl methyl sites for hydroxylation is 1. The summed E-state index contributed by atoms with van der Waals surface area (Å²) in [5.74, 6) is 1.39. The number of aromatic nitrogens is 2. The lowest BCUT2D eigenvalue weighted by atomic mass is 10.1. The molecule has 3 aromatic rings. The molecule has 0 radical (unpaired) electrons. The van der Waals surface area contributed by atoms with Crippen molar-refractivity contribution >= 4 is 32.7 Å². The molecule has 1 heterocycles. The van der Waals surface area contributed by atoms with Crippen molar-refractivity contribution in [3.63, 3.8) is 0 Å². The van der Waals surface area contributed by atoms with Crippen molar-refractivity contribution in [2.75, 3.05) is 5.73 Å². The van der Waals surface area contributed by atoms with Gasteiger partial charge >= 0.3 is 0 Å². The van der Waals surface area contributed by atoms with E-state index in [1.165, 1.54) is 5.56 Å². The molecule has 3 rings (SSSR count). The van der Waals surface area contributed by atoms with Crippen LogP contribution < -0.4 is 5.73 Å². The highest BCUT2D eigenvalue weighted by Crippen LogP contribution is 2.29. The highest BCUT2D eigenvalue weighted by Gasteiger charge is 2.16. The molecule has 0 fully saturated rings. The molecule has 0 aliphatic heterocycles. The summed E-state index contributed by atoms with van der Waals surface area (Å²) in [4.78, 5) is 4.78. The van der Waals surface area contributed by atoms with Gasteiger partial charge in [-0.05, 0) is 48.9 Å². The van der Waals surface area contributed by atoms with Crippen molar-refractivity contribution < 1.29 is 0 Å². The van der Waals surface area contributed by atoms with Gasteiger partial charge in [0.1, 0.15) is 5.82 Å². The van der Waals surface area contributed by atoms with Gasteiger partial charge < -0.3 is 5.73 Å². The number of rotatable bonds is 2. The summed E-state index contributed by atoms with van der Waals surface area (Å²) < 4.78 is 3.32. The largest absolute Gasteiger partial charge is 0.399 e. The van der Waals surface area contributed by atoms with Crippen LogP contribution in [0.5, 0.6) is 0 Å². The van der Waals surface area contributed by atoms with Gasteiger partial charge in [0, 0.05) is 16.1 Å². The first kappa shape index (κ1) is 14.1. The topological polar surface area (TPSA) is 43.8 Å². The fourth-order valence-corrected chi connectivity index (χ4v) is 3.10. The molecular formula is C17H18BrN3. The number of benzene rings is 2. The zero-order chi connectivity index (χ0) is 15.1. The van der Waals surface area contributed by atoms with Crippen LogP contribution in [0.3, 0.4) is 0 Å². The second kappa shape index (κ2) is 5.19. The van der Waals surface area contributed by atoms with Gasteiger partial charge in [0.05, 0.1) is 16.7 Å². The number of fused-ring (bicyclic) bond motifs is 1. The summed E-state index contributed by atoms with van der Waals surface area (Å²) in [6.07, 6.45) is 0. The normalized spacial score (nSPS) is 11.5. The van der Waals surface area contributed by atoms with Crippen LogP contribution in [-0.4, -0.2) is 9.55 Å². The number of nitrogens with two attached hydrogens (primary N) is 1. The molecule has 0 atom stereocenters. The molecule has 0 saturated heterocycles. The Balaban J connectivity index is 2.36. The molecule has 2 aromatic carbocycles. The predicted octanol–water partition coefficient (Wildman–Crippen LogP) is 4.80. The van der Waals surface area contributed by atoms with E-state index < -0.39 is 0 Å². The van der Waals surface area contributed by atoms with E-state index in [-0.39, 0.29) is 0 Å². The van der Waals surface area contributed by atoms with E-state index in [1.807, 2.05) is 18.2 Å². The predicted molar refractivity (Wildman–Crippen MR) is 92.0 cm³/mol. The molecule has 0 saturated carbocycles. The maximum atomic E-state index is 5.89. The highest BCUT2D eigenvalue weighted by molar-refractivity contribution is 9.10. The average molecular weight is 344 g/mol. The fourth-order valence-electron chi connectivity index (χ4n) is 2.63. The molecule has 0 amide bonds. The molecule has 2 N–H and O–H groups in total. The van der Waals surface area contributed by atoms with Gasteiger partial charge in [0.25, 0.3) is 0 Å². The van der Waals surface area contributed by atoms with Crippen molar-refractivity contribution in [1.29, 1.82) is 0 Å². The van der Waals surface area contributed by atoms with Gasteiger partial charge in [0.2, 0.25) is 0 Å². The molecule has 0 aliphatic carbocycles. The van der Waals surface area contributed by atoms with Crippen LogP contribution in [0.4, 0.5) is 5.69 Å². The molecular weight excluding hydrogens is 326 g/mol. The van der Waals surface area contributed by atoms with Crippen LogP contribution in [0.15, 0.2) is 40.9 Å². The Morgan fingerprint density at radius 1 is 1.14 bits per heavy atom. The second-order valence-electron chi connectivity index (χ2n) is 5.64. The molecule has 1 aromatic heterocycles. The summed E-state index contributed by atoms with van der Waals surface area (Å²) in [5, 5.41) is 0. The third-order valence-corrected chi connectivity index (χ3v) is 4.11.